The number of nitrogens with zero attached hydrogens (tertiary/aromatic N) is 1. The molecule has 0 heterocycles. The molecule has 0 radical (unpaired) electrons. The molecule has 0 spiro atoms. The van der Waals surface area contributed by atoms with Gasteiger partial charge < -0.3 is 5.32 Å². The standard InChI is InChI=1S/C25H19F5N2O3/c1-25(2,24(33)31-23-21(29)19(27)18(26)20(28)22(23)30)13-16(11-14-7-4-3-5-8-14)15-9-6-10-17(12-15)32(34)35/h3-12H,13H2,1-2H3,(H,31,33)/b16-11-. The number of benzene rings is 3. The molecule has 0 atom stereocenters. The van der Waals surface area contributed by atoms with Gasteiger partial charge in [-0.3, -0.25) is 14.9 Å². The highest BCUT2D eigenvalue weighted by atomic mass is 19.2. The number of hydrogen-bond acceptors (Lipinski definition) is 3. The Hall–Kier alpha value is -4.08. The fourth-order valence-corrected chi connectivity index (χ4v) is 3.36. The van der Waals surface area contributed by atoms with Crippen LogP contribution in [0.3, 0.4) is 0 Å². The number of nitro groups is 1. The average Bonchev–Trinajstić information content (AvgIpc) is 2.84. The van der Waals surface area contributed by atoms with Crippen molar-refractivity contribution in [2.45, 2.75) is 20.3 Å². The second-order valence-electron chi connectivity index (χ2n) is 8.35. The van der Waals surface area contributed by atoms with Gasteiger partial charge in [0.1, 0.15) is 5.69 Å². The van der Waals surface area contributed by atoms with Crippen molar-refractivity contribution in [3.63, 3.8) is 0 Å². The van der Waals surface area contributed by atoms with Crippen LogP contribution in [0, 0.1) is 44.6 Å². The molecular formula is C25H19F5N2O3. The van der Waals surface area contributed by atoms with Crippen molar-refractivity contribution in [3.05, 3.63) is 105 Å². The molecule has 0 fully saturated rings. The number of carbonyl (C=O) groups is 1. The molecular weight excluding hydrogens is 471 g/mol. The minimum absolute atomic E-state index is 0.0930. The van der Waals surface area contributed by atoms with Crippen LogP contribution in [0.25, 0.3) is 11.6 Å². The smallest absolute Gasteiger partial charge is 0.270 e. The van der Waals surface area contributed by atoms with Crippen LogP contribution >= 0.6 is 0 Å². The van der Waals surface area contributed by atoms with E-state index in [1.807, 2.05) is 0 Å². The number of nitrogens with one attached hydrogen (secondary N) is 1. The maximum absolute atomic E-state index is 14.1. The molecule has 0 aliphatic rings. The van der Waals surface area contributed by atoms with Gasteiger partial charge in [0, 0.05) is 17.5 Å². The summed E-state index contributed by atoms with van der Waals surface area (Å²) < 4.78 is 68.6. The lowest BCUT2D eigenvalue weighted by Gasteiger charge is -2.26. The Morgan fingerprint density at radius 1 is 0.914 bits per heavy atom. The Kier molecular flexibility index (Phi) is 7.33. The number of rotatable bonds is 7. The maximum Gasteiger partial charge on any atom is 0.270 e. The number of non-ortho nitro benzene ring substituents is 1. The lowest BCUT2D eigenvalue weighted by Crippen LogP contribution is -2.32. The van der Waals surface area contributed by atoms with E-state index in [4.69, 9.17) is 0 Å². The summed E-state index contributed by atoms with van der Waals surface area (Å²) in [6.45, 7) is 2.81. The van der Waals surface area contributed by atoms with E-state index in [1.165, 1.54) is 32.0 Å². The topological polar surface area (TPSA) is 72.2 Å². The number of halogens is 5. The molecule has 3 aromatic rings. The predicted molar refractivity (Wildman–Crippen MR) is 121 cm³/mol. The Balaban J connectivity index is 2.00. The third kappa shape index (κ3) is 5.53. The first-order valence-electron chi connectivity index (χ1n) is 10.3. The summed E-state index contributed by atoms with van der Waals surface area (Å²) in [5.74, 6) is -12.0. The molecule has 0 saturated carbocycles. The molecule has 0 unspecified atom stereocenters. The largest absolute Gasteiger partial charge is 0.321 e. The third-order valence-corrected chi connectivity index (χ3v) is 5.26. The summed E-state index contributed by atoms with van der Waals surface area (Å²) in [6, 6.07) is 14.5. The van der Waals surface area contributed by atoms with Gasteiger partial charge in [-0.25, -0.2) is 22.0 Å². The number of carbonyl (C=O) groups excluding carboxylic acids is 1. The van der Waals surface area contributed by atoms with Crippen molar-refractivity contribution < 1.29 is 31.7 Å². The van der Waals surface area contributed by atoms with Crippen LogP contribution in [-0.4, -0.2) is 10.8 Å². The van der Waals surface area contributed by atoms with E-state index in [0.29, 0.717) is 16.7 Å². The van der Waals surface area contributed by atoms with E-state index in [9.17, 15) is 36.9 Å². The van der Waals surface area contributed by atoms with E-state index in [2.05, 4.69) is 0 Å². The summed E-state index contributed by atoms with van der Waals surface area (Å²) in [6.07, 6.45) is 1.59. The first-order valence-corrected chi connectivity index (χ1v) is 10.3. The lowest BCUT2D eigenvalue weighted by molar-refractivity contribution is -0.384. The molecule has 3 rings (SSSR count). The summed E-state index contributed by atoms with van der Waals surface area (Å²) in [4.78, 5) is 23.6. The first kappa shape index (κ1) is 25.5. The monoisotopic (exact) mass is 490 g/mol. The zero-order chi connectivity index (χ0) is 25.9. The predicted octanol–water partition coefficient (Wildman–Crippen LogP) is 6.89. The molecule has 0 saturated heterocycles. The van der Waals surface area contributed by atoms with Crippen molar-refractivity contribution in [2.75, 3.05) is 5.32 Å². The summed E-state index contributed by atoms with van der Waals surface area (Å²) in [5, 5.41) is 13.0. The van der Waals surface area contributed by atoms with Crippen LogP contribution < -0.4 is 5.32 Å². The van der Waals surface area contributed by atoms with Crippen molar-refractivity contribution in [1.29, 1.82) is 0 Å². The summed E-state index contributed by atoms with van der Waals surface area (Å²) >= 11 is 0. The number of allylic oxidation sites excluding steroid dienone is 1. The molecule has 1 N–H and O–H groups in total. The molecule has 10 heteroatoms. The Labute approximate surface area is 197 Å². The Morgan fingerprint density at radius 3 is 2.06 bits per heavy atom. The summed E-state index contributed by atoms with van der Waals surface area (Å²) in [7, 11) is 0. The third-order valence-electron chi connectivity index (χ3n) is 5.26. The fourth-order valence-electron chi connectivity index (χ4n) is 3.36. The highest BCUT2D eigenvalue weighted by Gasteiger charge is 2.33. The van der Waals surface area contributed by atoms with Crippen LogP contribution in [-0.2, 0) is 4.79 Å². The molecule has 35 heavy (non-hydrogen) atoms. The Morgan fingerprint density at radius 2 is 1.49 bits per heavy atom. The van der Waals surface area contributed by atoms with Gasteiger partial charge in [0.05, 0.1) is 4.92 Å². The minimum atomic E-state index is -2.34. The molecule has 0 aliphatic carbocycles. The highest BCUT2D eigenvalue weighted by Crippen LogP contribution is 2.36. The molecule has 0 bridgehead atoms. The normalized spacial score (nSPS) is 11.9. The van der Waals surface area contributed by atoms with E-state index in [0.717, 1.165) is 0 Å². The first-order chi connectivity index (χ1) is 16.4. The van der Waals surface area contributed by atoms with Crippen LogP contribution in [0.2, 0.25) is 0 Å². The highest BCUT2D eigenvalue weighted by molar-refractivity contribution is 5.97. The van der Waals surface area contributed by atoms with E-state index in [1.54, 1.807) is 47.8 Å². The number of hydrogen-bond donors (Lipinski definition) is 1. The van der Waals surface area contributed by atoms with Crippen LogP contribution in [0.4, 0.5) is 33.3 Å². The minimum Gasteiger partial charge on any atom is -0.321 e. The molecule has 0 aliphatic heterocycles. The molecule has 1 amide bonds. The van der Waals surface area contributed by atoms with Crippen molar-refractivity contribution in [3.8, 4) is 0 Å². The molecule has 5 nitrogen and oxygen atoms in total. The summed E-state index contributed by atoms with van der Waals surface area (Å²) in [5.41, 5.74) is -1.48. The van der Waals surface area contributed by atoms with Crippen LogP contribution in [0.15, 0.2) is 54.6 Å². The van der Waals surface area contributed by atoms with Crippen molar-refractivity contribution in [1.82, 2.24) is 0 Å². The number of anilines is 1. The van der Waals surface area contributed by atoms with Gasteiger partial charge in [-0.05, 0) is 23.1 Å². The van der Waals surface area contributed by atoms with E-state index < -0.39 is 51.0 Å². The van der Waals surface area contributed by atoms with Gasteiger partial charge in [0.2, 0.25) is 11.7 Å². The average molecular weight is 490 g/mol. The number of amides is 1. The molecule has 182 valence electrons. The SMILES string of the molecule is CC(C)(C/C(=C/c1ccccc1)c1cccc([N+](=O)[O-])c1)C(=O)Nc1c(F)c(F)c(F)c(F)c1F. The van der Waals surface area contributed by atoms with Gasteiger partial charge in [0.25, 0.3) is 5.69 Å². The van der Waals surface area contributed by atoms with Crippen molar-refractivity contribution >= 4 is 28.9 Å². The van der Waals surface area contributed by atoms with Crippen molar-refractivity contribution in [2.24, 2.45) is 5.41 Å². The fraction of sp³-hybridized carbons (Fsp3) is 0.160. The second kappa shape index (κ2) is 10.0. The lowest BCUT2D eigenvalue weighted by atomic mass is 9.81. The Bertz CT molecular complexity index is 1300. The second-order valence-corrected chi connectivity index (χ2v) is 8.35. The van der Waals surface area contributed by atoms with Crippen LogP contribution in [0.5, 0.6) is 0 Å². The van der Waals surface area contributed by atoms with Gasteiger partial charge in [0.15, 0.2) is 23.3 Å². The molecule has 0 aromatic heterocycles. The van der Waals surface area contributed by atoms with Gasteiger partial charge in [-0.1, -0.05) is 62.4 Å². The van der Waals surface area contributed by atoms with Gasteiger partial charge in [-0.15, -0.1) is 0 Å². The molecule has 3 aromatic carbocycles. The maximum atomic E-state index is 14.1. The van der Waals surface area contributed by atoms with Crippen LogP contribution in [0.1, 0.15) is 31.4 Å². The van der Waals surface area contributed by atoms with Gasteiger partial charge >= 0.3 is 0 Å². The van der Waals surface area contributed by atoms with E-state index in [-0.39, 0.29) is 12.1 Å². The van der Waals surface area contributed by atoms with E-state index >= 15 is 0 Å². The zero-order valence-electron chi connectivity index (χ0n) is 18.5. The van der Waals surface area contributed by atoms with Gasteiger partial charge in [-0.2, -0.15) is 0 Å². The number of nitro benzene ring substituents is 1. The zero-order valence-corrected chi connectivity index (χ0v) is 18.5. The quantitative estimate of drug-likeness (QED) is 0.0980.